The molecule has 5 nitrogen and oxygen atoms in total. The van der Waals surface area contributed by atoms with Crippen molar-refractivity contribution >= 4 is 5.91 Å². The maximum Gasteiger partial charge on any atom is 0.239 e. The minimum Gasteiger partial charge on any atom is -0.340 e. The van der Waals surface area contributed by atoms with Crippen LogP contribution in [0.4, 0.5) is 0 Å². The lowest BCUT2D eigenvalue weighted by atomic mass is 10.0. The van der Waals surface area contributed by atoms with E-state index in [1.54, 1.807) is 12.5 Å². The molecule has 1 N–H and O–H groups in total. The van der Waals surface area contributed by atoms with Crippen LogP contribution in [0, 0.1) is 0 Å². The van der Waals surface area contributed by atoms with Crippen LogP contribution in [-0.4, -0.2) is 46.0 Å². The Hall–Kier alpha value is -1.36. The molecule has 1 aromatic rings. The number of hydrogen-bond donors (Lipinski definition) is 1. The molecule has 5 heteroatoms. The van der Waals surface area contributed by atoms with Gasteiger partial charge in [-0.1, -0.05) is 6.92 Å². The average Bonchev–Trinajstić information content (AvgIpc) is 2.83. The van der Waals surface area contributed by atoms with E-state index < -0.39 is 0 Å². The van der Waals surface area contributed by atoms with E-state index in [-0.39, 0.29) is 11.9 Å². The van der Waals surface area contributed by atoms with Crippen LogP contribution in [0.25, 0.3) is 0 Å². The summed E-state index contributed by atoms with van der Waals surface area (Å²) in [4.78, 5) is 18.1. The molecular formula is C12H20N4O. The third kappa shape index (κ3) is 3.06. The molecule has 1 saturated heterocycles. The van der Waals surface area contributed by atoms with Crippen molar-refractivity contribution in [2.75, 3.05) is 19.6 Å². The smallest absolute Gasteiger partial charge is 0.239 e. The number of carbonyl (C=O) groups excluding carboxylic acids is 1. The van der Waals surface area contributed by atoms with Crippen molar-refractivity contribution in [1.82, 2.24) is 19.8 Å². The molecule has 0 radical (unpaired) electrons. The number of amides is 1. The van der Waals surface area contributed by atoms with Crippen molar-refractivity contribution in [2.24, 2.45) is 0 Å². The number of aromatic nitrogens is 2. The zero-order valence-electron chi connectivity index (χ0n) is 10.3. The molecule has 1 aromatic heterocycles. The van der Waals surface area contributed by atoms with Gasteiger partial charge in [-0.05, 0) is 19.4 Å². The summed E-state index contributed by atoms with van der Waals surface area (Å²) >= 11 is 0. The van der Waals surface area contributed by atoms with Crippen molar-refractivity contribution in [3.8, 4) is 0 Å². The summed E-state index contributed by atoms with van der Waals surface area (Å²) < 4.78 is 2.00. The van der Waals surface area contributed by atoms with E-state index >= 15 is 0 Å². The average molecular weight is 236 g/mol. The summed E-state index contributed by atoms with van der Waals surface area (Å²) in [6, 6.07) is 0.0246. The lowest BCUT2D eigenvalue weighted by Gasteiger charge is -2.32. The highest BCUT2D eigenvalue weighted by Gasteiger charge is 2.27. The van der Waals surface area contributed by atoms with Crippen molar-refractivity contribution in [3.05, 3.63) is 18.7 Å². The number of nitrogens with one attached hydrogen (secondary N) is 1. The van der Waals surface area contributed by atoms with Crippen LogP contribution >= 0.6 is 0 Å². The van der Waals surface area contributed by atoms with Gasteiger partial charge in [-0.2, -0.15) is 0 Å². The summed E-state index contributed by atoms with van der Waals surface area (Å²) in [5.74, 6) is 0.248. The first-order chi connectivity index (χ1) is 8.31. The molecule has 2 rings (SSSR count). The van der Waals surface area contributed by atoms with Crippen LogP contribution in [0.2, 0.25) is 0 Å². The zero-order valence-corrected chi connectivity index (χ0v) is 10.3. The fourth-order valence-corrected chi connectivity index (χ4v) is 2.25. The Labute approximate surface area is 102 Å². The van der Waals surface area contributed by atoms with Gasteiger partial charge in [-0.25, -0.2) is 4.98 Å². The molecule has 0 spiro atoms. The summed E-state index contributed by atoms with van der Waals surface area (Å²) in [6.45, 7) is 5.38. The Morgan fingerprint density at radius 1 is 1.53 bits per heavy atom. The highest BCUT2D eigenvalue weighted by molar-refractivity contribution is 5.82. The monoisotopic (exact) mass is 236 g/mol. The minimum absolute atomic E-state index is 0.0246. The van der Waals surface area contributed by atoms with E-state index in [1.807, 2.05) is 22.6 Å². The Bertz CT molecular complexity index is 347. The molecule has 2 heterocycles. The molecule has 94 valence electrons. The fourth-order valence-electron chi connectivity index (χ4n) is 2.25. The van der Waals surface area contributed by atoms with Gasteiger partial charge in [0, 0.05) is 32.0 Å². The van der Waals surface area contributed by atoms with Crippen molar-refractivity contribution < 1.29 is 4.79 Å². The summed E-state index contributed by atoms with van der Waals surface area (Å²) in [5, 5.41) is 3.25. The minimum atomic E-state index is 0.0246. The number of nitrogens with zero attached hydrogens (tertiary/aromatic N) is 3. The lowest BCUT2D eigenvalue weighted by Crippen LogP contribution is -2.51. The van der Waals surface area contributed by atoms with Crippen LogP contribution in [0.5, 0.6) is 0 Å². The van der Waals surface area contributed by atoms with Crippen LogP contribution in [-0.2, 0) is 11.3 Å². The van der Waals surface area contributed by atoms with Crippen molar-refractivity contribution in [1.29, 1.82) is 0 Å². The van der Waals surface area contributed by atoms with Gasteiger partial charge in [0.1, 0.15) is 0 Å². The second-order valence-corrected chi connectivity index (χ2v) is 4.38. The maximum absolute atomic E-state index is 12.1. The quantitative estimate of drug-likeness (QED) is 0.809. The molecule has 1 aliphatic heterocycles. The third-order valence-electron chi connectivity index (χ3n) is 3.17. The van der Waals surface area contributed by atoms with Crippen molar-refractivity contribution in [3.63, 3.8) is 0 Å². The van der Waals surface area contributed by atoms with Gasteiger partial charge >= 0.3 is 0 Å². The SMILES string of the molecule is CCNC1CCCN(CCn2ccnc2)C1=O. The van der Waals surface area contributed by atoms with E-state index in [4.69, 9.17) is 0 Å². The highest BCUT2D eigenvalue weighted by atomic mass is 16.2. The van der Waals surface area contributed by atoms with E-state index in [2.05, 4.69) is 10.3 Å². The van der Waals surface area contributed by atoms with Crippen LogP contribution in [0.3, 0.4) is 0 Å². The molecule has 1 fully saturated rings. The van der Waals surface area contributed by atoms with Gasteiger partial charge in [0.05, 0.1) is 12.4 Å². The number of likely N-dealkylation sites (tertiary alicyclic amines) is 1. The first-order valence-corrected chi connectivity index (χ1v) is 6.29. The van der Waals surface area contributed by atoms with Gasteiger partial charge in [0.2, 0.25) is 5.91 Å². The summed E-state index contributed by atoms with van der Waals surface area (Å²) in [6.07, 6.45) is 7.54. The van der Waals surface area contributed by atoms with Gasteiger partial charge in [0.25, 0.3) is 0 Å². The van der Waals surface area contributed by atoms with Gasteiger partial charge in [-0.15, -0.1) is 0 Å². The van der Waals surface area contributed by atoms with Gasteiger partial charge in [0.15, 0.2) is 0 Å². The van der Waals surface area contributed by atoms with Crippen LogP contribution in [0.1, 0.15) is 19.8 Å². The first-order valence-electron chi connectivity index (χ1n) is 6.29. The normalized spacial score (nSPS) is 20.9. The third-order valence-corrected chi connectivity index (χ3v) is 3.17. The molecule has 17 heavy (non-hydrogen) atoms. The number of carbonyl (C=O) groups is 1. The van der Waals surface area contributed by atoms with Crippen LogP contribution < -0.4 is 5.32 Å². The Kier molecular flexibility index (Phi) is 4.14. The molecule has 1 amide bonds. The number of hydrogen-bond acceptors (Lipinski definition) is 3. The predicted molar refractivity (Wildman–Crippen MR) is 65.5 cm³/mol. The van der Waals surface area contributed by atoms with Crippen LogP contribution in [0.15, 0.2) is 18.7 Å². The molecule has 1 aliphatic rings. The Balaban J connectivity index is 1.85. The molecule has 0 aromatic carbocycles. The van der Waals surface area contributed by atoms with E-state index in [9.17, 15) is 4.79 Å². The highest BCUT2D eigenvalue weighted by Crippen LogP contribution is 2.11. The maximum atomic E-state index is 12.1. The van der Waals surface area contributed by atoms with E-state index in [0.717, 1.165) is 39.0 Å². The number of likely N-dealkylation sites (N-methyl/N-ethyl adjacent to an activating group) is 1. The number of piperidine rings is 1. The number of imidazole rings is 1. The predicted octanol–water partition coefficient (Wildman–Crippen LogP) is 0.484. The van der Waals surface area contributed by atoms with Crippen molar-refractivity contribution in [2.45, 2.75) is 32.4 Å². The van der Waals surface area contributed by atoms with Gasteiger partial charge in [-0.3, -0.25) is 4.79 Å². The molecular weight excluding hydrogens is 216 g/mol. The fraction of sp³-hybridized carbons (Fsp3) is 0.667. The second-order valence-electron chi connectivity index (χ2n) is 4.38. The molecule has 0 aliphatic carbocycles. The topological polar surface area (TPSA) is 50.2 Å². The first kappa shape index (κ1) is 12.1. The second kappa shape index (κ2) is 5.82. The Morgan fingerprint density at radius 2 is 2.41 bits per heavy atom. The zero-order chi connectivity index (χ0) is 12.1. The number of rotatable bonds is 5. The molecule has 1 atom stereocenters. The van der Waals surface area contributed by atoms with Gasteiger partial charge < -0.3 is 14.8 Å². The molecule has 1 unspecified atom stereocenters. The largest absolute Gasteiger partial charge is 0.340 e. The van der Waals surface area contributed by atoms with E-state index in [0.29, 0.717) is 0 Å². The standard InChI is InChI=1S/C12H20N4O/c1-2-14-11-4-3-6-16(12(11)17)9-8-15-7-5-13-10-15/h5,7,10-11,14H,2-4,6,8-9H2,1H3. The Morgan fingerprint density at radius 3 is 3.12 bits per heavy atom. The van der Waals surface area contributed by atoms with E-state index in [1.165, 1.54) is 0 Å². The molecule has 0 bridgehead atoms. The molecule has 0 saturated carbocycles. The summed E-state index contributed by atoms with van der Waals surface area (Å²) in [5.41, 5.74) is 0. The lowest BCUT2D eigenvalue weighted by molar-refractivity contribution is -0.136. The summed E-state index contributed by atoms with van der Waals surface area (Å²) in [7, 11) is 0.